The Morgan fingerprint density at radius 2 is 1.48 bits per heavy atom. The van der Waals surface area contributed by atoms with Gasteiger partial charge in [0.2, 0.25) is 0 Å². The van der Waals surface area contributed by atoms with Crippen LogP contribution in [0.15, 0.2) is 85.3 Å². The minimum absolute atomic E-state index is 0. The third-order valence-electron chi connectivity index (χ3n) is 3.07. The normalized spacial score (nSPS) is 9.71. The summed E-state index contributed by atoms with van der Waals surface area (Å²) in [6.45, 7) is 0.770. The zero-order valence-electron chi connectivity index (χ0n) is 11.5. The highest BCUT2D eigenvalue weighted by Crippen LogP contribution is 2.11. The number of benzene rings is 1. The zero-order valence-corrected chi connectivity index (χ0v) is 12.3. The van der Waals surface area contributed by atoms with E-state index in [1.807, 2.05) is 61.1 Å². The summed E-state index contributed by atoms with van der Waals surface area (Å²) in [5.41, 5.74) is 1.24. The summed E-state index contributed by atoms with van der Waals surface area (Å²) in [5, 5.41) is 2.13. The first-order chi connectivity index (χ1) is 9.93. The predicted molar refractivity (Wildman–Crippen MR) is 78.9 cm³/mol. The van der Waals surface area contributed by atoms with E-state index in [0.29, 0.717) is 0 Å². The van der Waals surface area contributed by atoms with Crippen molar-refractivity contribution in [2.45, 2.75) is 6.54 Å². The summed E-state index contributed by atoms with van der Waals surface area (Å²) in [6, 6.07) is 22.4. The van der Waals surface area contributed by atoms with Crippen LogP contribution in [0.1, 0.15) is 5.56 Å². The maximum absolute atomic E-state index is 4.46. The number of pyridine rings is 2. The van der Waals surface area contributed by atoms with Crippen molar-refractivity contribution in [3.05, 3.63) is 90.9 Å². The third kappa shape index (κ3) is 3.80. The van der Waals surface area contributed by atoms with Gasteiger partial charge in [-0.15, -0.1) is 5.01 Å². The summed E-state index contributed by atoms with van der Waals surface area (Å²) in [5.74, 6) is 0.924. The van der Waals surface area contributed by atoms with Gasteiger partial charge in [0.1, 0.15) is 6.54 Å². The van der Waals surface area contributed by atoms with Crippen molar-refractivity contribution >= 4 is 5.82 Å². The van der Waals surface area contributed by atoms with Crippen molar-refractivity contribution in [3.8, 4) is 0 Å². The number of hydrogen-bond donors (Lipinski definition) is 0. The van der Waals surface area contributed by atoms with Crippen LogP contribution in [-0.4, -0.2) is 4.98 Å². The number of nitrogens with zero attached hydrogens (tertiary/aromatic N) is 3. The number of aromatic nitrogens is 2. The molecular weight excluding hydrogens is 282 g/mol. The molecule has 0 amide bonds. The molecule has 0 aliphatic rings. The maximum atomic E-state index is 4.46. The third-order valence-corrected chi connectivity index (χ3v) is 3.07. The van der Waals surface area contributed by atoms with Crippen LogP contribution in [-0.2, 0) is 6.54 Å². The molecule has 0 radical (unpaired) electrons. The monoisotopic (exact) mass is 297 g/mol. The van der Waals surface area contributed by atoms with Gasteiger partial charge in [0.25, 0.3) is 0 Å². The number of rotatable bonds is 4. The van der Waals surface area contributed by atoms with Gasteiger partial charge in [-0.3, -0.25) is 0 Å². The Kier molecular flexibility index (Phi) is 5.29. The summed E-state index contributed by atoms with van der Waals surface area (Å²) in [6.07, 6.45) is 5.87. The second kappa shape index (κ2) is 7.41. The van der Waals surface area contributed by atoms with Crippen molar-refractivity contribution in [2.75, 3.05) is 5.01 Å². The van der Waals surface area contributed by atoms with E-state index in [-0.39, 0.29) is 12.4 Å². The van der Waals surface area contributed by atoms with Gasteiger partial charge in [-0.1, -0.05) is 47.1 Å². The molecule has 0 saturated carbocycles. The summed E-state index contributed by atoms with van der Waals surface area (Å²) in [4.78, 5) is 4.46. The lowest BCUT2D eigenvalue weighted by atomic mass is 10.2. The molecule has 2 heterocycles. The molecular formula is C17H16ClN3. The van der Waals surface area contributed by atoms with Gasteiger partial charge in [0, 0.05) is 18.3 Å². The van der Waals surface area contributed by atoms with Crippen LogP contribution in [0, 0.1) is 0 Å². The molecule has 21 heavy (non-hydrogen) atoms. The predicted octanol–water partition coefficient (Wildman–Crippen LogP) is -0.157. The van der Waals surface area contributed by atoms with Gasteiger partial charge < -0.3 is 12.4 Å². The lowest BCUT2D eigenvalue weighted by Gasteiger charge is -2.16. The van der Waals surface area contributed by atoms with E-state index in [9.17, 15) is 0 Å². The fourth-order valence-electron chi connectivity index (χ4n) is 2.09. The topological polar surface area (TPSA) is 20.0 Å². The van der Waals surface area contributed by atoms with Crippen LogP contribution in [0.25, 0.3) is 0 Å². The lowest BCUT2D eigenvalue weighted by molar-refractivity contribution is -0.686. The first kappa shape index (κ1) is 15.0. The van der Waals surface area contributed by atoms with E-state index in [1.54, 1.807) is 0 Å². The van der Waals surface area contributed by atoms with Gasteiger partial charge in [0.15, 0.2) is 18.2 Å². The van der Waals surface area contributed by atoms with Crippen LogP contribution in [0.3, 0.4) is 0 Å². The second-order valence-electron chi connectivity index (χ2n) is 4.49. The van der Waals surface area contributed by atoms with Crippen LogP contribution in [0.2, 0.25) is 0 Å². The fraction of sp³-hybridized carbons (Fsp3) is 0.0588. The Balaban J connectivity index is 0.00000161. The minimum atomic E-state index is 0. The molecule has 1 aromatic carbocycles. The summed E-state index contributed by atoms with van der Waals surface area (Å²) in [7, 11) is 0. The zero-order chi connectivity index (χ0) is 13.6. The van der Waals surface area contributed by atoms with Crippen molar-refractivity contribution in [1.29, 1.82) is 0 Å². The molecule has 2 aromatic heterocycles. The first-order valence-corrected chi connectivity index (χ1v) is 6.62. The molecule has 3 nitrogen and oxygen atoms in total. The quantitative estimate of drug-likeness (QED) is 0.624. The Hall–Kier alpha value is -2.39. The minimum Gasteiger partial charge on any atom is -1.00 e. The van der Waals surface area contributed by atoms with Gasteiger partial charge >= 0.3 is 0 Å². The molecule has 3 rings (SSSR count). The molecule has 0 bridgehead atoms. The van der Waals surface area contributed by atoms with Crippen LogP contribution in [0.4, 0.5) is 5.82 Å². The molecule has 106 valence electrons. The highest BCUT2D eigenvalue weighted by Gasteiger charge is 2.16. The Bertz CT molecular complexity index is 605. The molecule has 4 heteroatoms. The molecule has 0 aliphatic heterocycles. The van der Waals surface area contributed by atoms with Crippen molar-refractivity contribution in [1.82, 2.24) is 4.98 Å². The molecule has 0 unspecified atom stereocenters. The molecule has 0 atom stereocenters. The summed E-state index contributed by atoms with van der Waals surface area (Å²) >= 11 is 0. The van der Waals surface area contributed by atoms with Crippen molar-refractivity contribution in [2.24, 2.45) is 0 Å². The number of halogens is 1. The highest BCUT2D eigenvalue weighted by molar-refractivity contribution is 5.35. The largest absolute Gasteiger partial charge is 1.00 e. The maximum Gasteiger partial charge on any atom is 0.200 e. The molecule has 3 aromatic rings. The van der Waals surface area contributed by atoms with Gasteiger partial charge in [0.05, 0.1) is 0 Å². The number of anilines is 1. The SMILES string of the molecule is [Cl-].c1ccc(CN(c2ccccn2)[n+]2ccccc2)cc1. The van der Waals surface area contributed by atoms with E-state index in [0.717, 1.165) is 12.4 Å². The van der Waals surface area contributed by atoms with E-state index < -0.39 is 0 Å². The molecule has 0 saturated heterocycles. The lowest BCUT2D eigenvalue weighted by Crippen LogP contribution is -3.00. The molecule has 0 aliphatic carbocycles. The Labute approximate surface area is 130 Å². The first-order valence-electron chi connectivity index (χ1n) is 6.62. The summed E-state index contributed by atoms with van der Waals surface area (Å²) < 4.78 is 2.05. The Morgan fingerprint density at radius 1 is 0.810 bits per heavy atom. The van der Waals surface area contributed by atoms with Crippen LogP contribution >= 0.6 is 0 Å². The van der Waals surface area contributed by atoms with E-state index >= 15 is 0 Å². The van der Waals surface area contributed by atoms with Crippen molar-refractivity contribution < 1.29 is 17.1 Å². The average Bonchev–Trinajstić information content (AvgIpc) is 2.55. The van der Waals surface area contributed by atoms with Crippen molar-refractivity contribution in [3.63, 3.8) is 0 Å². The number of hydrogen-bond acceptors (Lipinski definition) is 2. The standard InChI is InChI=1S/C17H16N3.ClH/c1-3-9-16(10-4-1)15-20(17-11-5-6-12-18-17)19-13-7-2-8-14-19;/h1-14H,15H2;1H/q+1;/p-1. The smallest absolute Gasteiger partial charge is 0.200 e. The molecule has 0 fully saturated rings. The molecule has 0 spiro atoms. The van der Waals surface area contributed by atoms with Gasteiger partial charge in [-0.25, -0.2) is 4.98 Å². The van der Waals surface area contributed by atoms with Gasteiger partial charge in [-0.2, -0.15) is 0 Å². The van der Waals surface area contributed by atoms with E-state index in [2.05, 4.69) is 38.9 Å². The van der Waals surface area contributed by atoms with E-state index in [4.69, 9.17) is 0 Å². The van der Waals surface area contributed by atoms with Crippen LogP contribution in [0.5, 0.6) is 0 Å². The highest BCUT2D eigenvalue weighted by atomic mass is 35.5. The van der Waals surface area contributed by atoms with Gasteiger partial charge in [-0.05, 0) is 17.7 Å². The van der Waals surface area contributed by atoms with E-state index in [1.165, 1.54) is 5.56 Å². The molecule has 0 N–H and O–H groups in total. The van der Waals surface area contributed by atoms with Crippen LogP contribution < -0.4 is 22.1 Å². The average molecular weight is 298 g/mol. The second-order valence-corrected chi connectivity index (χ2v) is 4.49. The Morgan fingerprint density at radius 3 is 2.14 bits per heavy atom. The fourth-order valence-corrected chi connectivity index (χ4v) is 2.09.